The first-order valence-electron chi connectivity index (χ1n) is 8.85. The van der Waals surface area contributed by atoms with Crippen molar-refractivity contribution in [3.63, 3.8) is 0 Å². The lowest BCUT2D eigenvalue weighted by Crippen LogP contribution is -2.32. The number of hydrogen-bond acceptors (Lipinski definition) is 5. The van der Waals surface area contributed by atoms with E-state index in [0.717, 1.165) is 31.5 Å². The molecule has 1 spiro atoms. The van der Waals surface area contributed by atoms with E-state index in [0.29, 0.717) is 18.0 Å². The van der Waals surface area contributed by atoms with Gasteiger partial charge in [-0.25, -0.2) is 4.98 Å². The Morgan fingerprint density at radius 3 is 2.55 bits per heavy atom. The lowest BCUT2D eigenvalue weighted by molar-refractivity contribution is 0.358. The second kappa shape index (κ2) is 5.37. The molecule has 22 heavy (non-hydrogen) atoms. The van der Waals surface area contributed by atoms with Gasteiger partial charge < -0.3 is 16.8 Å². The zero-order chi connectivity index (χ0) is 15.2. The fourth-order valence-electron chi connectivity index (χ4n) is 4.90. The van der Waals surface area contributed by atoms with E-state index >= 15 is 0 Å². The zero-order valence-electron chi connectivity index (χ0n) is 13.3. The molecule has 120 valence electrons. The van der Waals surface area contributed by atoms with Crippen LogP contribution in [0, 0.1) is 0 Å². The molecular formula is C17H27N5. The maximum atomic E-state index is 6.05. The molecule has 1 aromatic rings. The Morgan fingerprint density at radius 1 is 1.05 bits per heavy atom. The molecule has 5 nitrogen and oxygen atoms in total. The van der Waals surface area contributed by atoms with Crippen LogP contribution >= 0.6 is 0 Å². The van der Waals surface area contributed by atoms with Crippen molar-refractivity contribution >= 4 is 11.8 Å². The summed E-state index contributed by atoms with van der Waals surface area (Å²) in [6, 6.07) is 0.767. The SMILES string of the molecule is Nc1nc(NC2CCC(N)C2)c2c(n1)C1(CCCC1)CCC2. The molecule has 2 saturated carbocycles. The van der Waals surface area contributed by atoms with Crippen molar-refractivity contribution in [1.29, 1.82) is 0 Å². The van der Waals surface area contributed by atoms with Gasteiger partial charge in [-0.1, -0.05) is 12.8 Å². The third kappa shape index (κ3) is 2.35. The van der Waals surface area contributed by atoms with E-state index in [1.54, 1.807) is 0 Å². The number of nitrogen functional groups attached to an aromatic ring is 1. The van der Waals surface area contributed by atoms with Crippen molar-refractivity contribution in [2.45, 2.75) is 81.7 Å². The summed E-state index contributed by atoms with van der Waals surface area (Å²) in [5.74, 6) is 1.42. The Balaban J connectivity index is 1.69. The first-order chi connectivity index (χ1) is 10.7. The van der Waals surface area contributed by atoms with Crippen molar-refractivity contribution in [3.8, 4) is 0 Å². The van der Waals surface area contributed by atoms with Gasteiger partial charge in [0.05, 0.1) is 5.69 Å². The normalized spacial score (nSPS) is 29.7. The molecule has 1 aromatic heterocycles. The van der Waals surface area contributed by atoms with Gasteiger partial charge in [0.15, 0.2) is 0 Å². The molecule has 2 fully saturated rings. The molecular weight excluding hydrogens is 274 g/mol. The largest absolute Gasteiger partial charge is 0.368 e. The topological polar surface area (TPSA) is 89.8 Å². The number of aromatic nitrogens is 2. The summed E-state index contributed by atoms with van der Waals surface area (Å²) in [4.78, 5) is 9.25. The Kier molecular flexibility index (Phi) is 3.48. The molecule has 3 aliphatic rings. The Labute approximate surface area is 132 Å². The summed E-state index contributed by atoms with van der Waals surface area (Å²) < 4.78 is 0. The number of nitrogens with two attached hydrogens (primary N) is 2. The van der Waals surface area contributed by atoms with E-state index in [1.807, 2.05) is 0 Å². The number of anilines is 2. The van der Waals surface area contributed by atoms with Gasteiger partial charge in [-0.2, -0.15) is 4.98 Å². The highest BCUT2D eigenvalue weighted by atomic mass is 15.1. The monoisotopic (exact) mass is 301 g/mol. The van der Waals surface area contributed by atoms with E-state index in [4.69, 9.17) is 16.5 Å². The Bertz CT molecular complexity index is 564. The molecule has 5 heteroatoms. The fourth-order valence-corrected chi connectivity index (χ4v) is 4.90. The lowest BCUT2D eigenvalue weighted by atomic mass is 9.71. The molecule has 4 rings (SSSR count). The van der Waals surface area contributed by atoms with Gasteiger partial charge in [0.2, 0.25) is 5.95 Å². The summed E-state index contributed by atoms with van der Waals surface area (Å²) >= 11 is 0. The van der Waals surface area contributed by atoms with Crippen LogP contribution < -0.4 is 16.8 Å². The van der Waals surface area contributed by atoms with E-state index in [9.17, 15) is 0 Å². The predicted octanol–water partition coefficient (Wildman–Crippen LogP) is 2.50. The van der Waals surface area contributed by atoms with Crippen LogP contribution in [0.5, 0.6) is 0 Å². The van der Waals surface area contributed by atoms with Crippen LogP contribution in [-0.4, -0.2) is 22.1 Å². The van der Waals surface area contributed by atoms with E-state index in [1.165, 1.54) is 49.8 Å². The van der Waals surface area contributed by atoms with Crippen LogP contribution in [0.1, 0.15) is 69.0 Å². The molecule has 1 heterocycles. The predicted molar refractivity (Wildman–Crippen MR) is 88.8 cm³/mol. The van der Waals surface area contributed by atoms with Gasteiger partial charge in [-0.3, -0.25) is 0 Å². The molecule has 0 aliphatic heterocycles. The number of nitrogens with one attached hydrogen (secondary N) is 1. The molecule has 0 aromatic carbocycles. The Hall–Kier alpha value is -1.36. The number of rotatable bonds is 2. The van der Waals surface area contributed by atoms with Crippen LogP contribution in [0.25, 0.3) is 0 Å². The van der Waals surface area contributed by atoms with E-state index in [2.05, 4.69) is 10.3 Å². The van der Waals surface area contributed by atoms with Gasteiger partial charge in [-0.05, 0) is 51.4 Å². The molecule has 2 unspecified atom stereocenters. The summed E-state index contributed by atoms with van der Waals surface area (Å²) in [6.07, 6.45) is 12.0. The lowest BCUT2D eigenvalue weighted by Gasteiger charge is -2.35. The smallest absolute Gasteiger partial charge is 0.222 e. The highest BCUT2D eigenvalue weighted by Crippen LogP contribution is 2.49. The van der Waals surface area contributed by atoms with Crippen LogP contribution in [0.3, 0.4) is 0 Å². The summed E-state index contributed by atoms with van der Waals surface area (Å²) in [7, 11) is 0. The van der Waals surface area contributed by atoms with Crippen LogP contribution in [0.2, 0.25) is 0 Å². The van der Waals surface area contributed by atoms with Crippen molar-refractivity contribution < 1.29 is 0 Å². The van der Waals surface area contributed by atoms with Crippen molar-refractivity contribution in [2.75, 3.05) is 11.1 Å². The maximum Gasteiger partial charge on any atom is 0.222 e. The minimum absolute atomic E-state index is 0.285. The maximum absolute atomic E-state index is 6.05. The minimum atomic E-state index is 0.285. The summed E-state index contributed by atoms with van der Waals surface area (Å²) in [6.45, 7) is 0. The minimum Gasteiger partial charge on any atom is -0.368 e. The molecule has 3 aliphatic carbocycles. The summed E-state index contributed by atoms with van der Waals surface area (Å²) in [5, 5.41) is 3.64. The number of fused-ring (bicyclic) bond motifs is 2. The quantitative estimate of drug-likeness (QED) is 0.781. The molecule has 0 saturated heterocycles. The standard InChI is InChI=1S/C17H27N5/c18-11-5-6-12(10-11)20-15-13-4-3-9-17(7-1-2-8-17)14(13)21-16(19)22-15/h11-12H,1-10,18H2,(H3,19,20,21,22). The Morgan fingerprint density at radius 2 is 1.82 bits per heavy atom. The third-order valence-electron chi connectivity index (χ3n) is 5.98. The van der Waals surface area contributed by atoms with Gasteiger partial charge in [-0.15, -0.1) is 0 Å². The average molecular weight is 301 g/mol. The zero-order valence-corrected chi connectivity index (χ0v) is 13.3. The van der Waals surface area contributed by atoms with Crippen LogP contribution in [-0.2, 0) is 11.8 Å². The van der Waals surface area contributed by atoms with Gasteiger partial charge in [0.1, 0.15) is 5.82 Å². The van der Waals surface area contributed by atoms with E-state index < -0.39 is 0 Å². The second-order valence-electron chi connectivity index (χ2n) is 7.51. The van der Waals surface area contributed by atoms with Gasteiger partial charge >= 0.3 is 0 Å². The molecule has 0 amide bonds. The number of nitrogens with zero attached hydrogens (tertiary/aromatic N) is 2. The highest BCUT2D eigenvalue weighted by molar-refractivity contribution is 5.54. The molecule has 5 N–H and O–H groups in total. The number of hydrogen-bond donors (Lipinski definition) is 3. The summed E-state index contributed by atoms with van der Waals surface area (Å²) in [5.41, 5.74) is 15.0. The third-order valence-corrected chi connectivity index (χ3v) is 5.98. The van der Waals surface area contributed by atoms with Crippen molar-refractivity contribution in [3.05, 3.63) is 11.3 Å². The van der Waals surface area contributed by atoms with Gasteiger partial charge in [0.25, 0.3) is 0 Å². The van der Waals surface area contributed by atoms with Crippen molar-refractivity contribution in [1.82, 2.24) is 9.97 Å². The fraction of sp³-hybridized carbons (Fsp3) is 0.765. The van der Waals surface area contributed by atoms with Crippen LogP contribution in [0.15, 0.2) is 0 Å². The second-order valence-corrected chi connectivity index (χ2v) is 7.51. The molecule has 2 atom stereocenters. The van der Waals surface area contributed by atoms with E-state index in [-0.39, 0.29) is 5.41 Å². The molecule has 0 radical (unpaired) electrons. The average Bonchev–Trinajstić information content (AvgIpc) is 3.11. The molecule has 0 bridgehead atoms. The van der Waals surface area contributed by atoms with Gasteiger partial charge in [0, 0.05) is 23.1 Å². The highest BCUT2D eigenvalue weighted by Gasteiger charge is 2.41. The van der Waals surface area contributed by atoms with Crippen molar-refractivity contribution in [2.24, 2.45) is 5.73 Å². The van der Waals surface area contributed by atoms with Crippen LogP contribution in [0.4, 0.5) is 11.8 Å². The first-order valence-corrected chi connectivity index (χ1v) is 8.85. The first kappa shape index (κ1) is 14.2.